The molecule has 134 valence electrons. The Labute approximate surface area is 153 Å². The molecule has 0 saturated heterocycles. The van der Waals surface area contributed by atoms with Gasteiger partial charge < -0.3 is 5.32 Å². The van der Waals surface area contributed by atoms with Crippen molar-refractivity contribution in [2.24, 2.45) is 10.9 Å². The Balaban J connectivity index is 1.70. The van der Waals surface area contributed by atoms with Crippen LogP contribution in [0.15, 0.2) is 35.3 Å². The van der Waals surface area contributed by atoms with Crippen LogP contribution >= 0.6 is 0 Å². The molecule has 1 aliphatic rings. The van der Waals surface area contributed by atoms with Gasteiger partial charge in [0.2, 0.25) is 0 Å². The number of rotatable bonds is 4. The van der Waals surface area contributed by atoms with Crippen LogP contribution in [-0.4, -0.2) is 18.4 Å². The van der Waals surface area contributed by atoms with E-state index in [1.165, 1.54) is 0 Å². The molecule has 1 atom stereocenters. The number of fused-ring (bicyclic) bond motifs is 1. The lowest BCUT2D eigenvalue weighted by Crippen LogP contribution is -2.38. The predicted molar refractivity (Wildman–Crippen MR) is 103 cm³/mol. The molecule has 1 N–H and O–H groups in total. The number of hydrogen-bond acceptors (Lipinski definition) is 2. The summed E-state index contributed by atoms with van der Waals surface area (Å²) in [6.07, 6.45) is 2.54. The zero-order valence-electron chi connectivity index (χ0n) is 15.7. The molecule has 2 aromatic carbocycles. The Kier molecular flexibility index (Phi) is 5.03. The van der Waals surface area contributed by atoms with Crippen molar-refractivity contribution in [3.05, 3.63) is 68.7 Å². The van der Waals surface area contributed by atoms with Crippen LogP contribution in [-0.2, 0) is 4.79 Å². The lowest BCUT2D eigenvalue weighted by atomic mass is 9.97. The van der Waals surface area contributed by atoms with Crippen LogP contribution < -0.4 is 15.9 Å². The minimum Gasteiger partial charge on any atom is -0.352 e. The van der Waals surface area contributed by atoms with Crippen molar-refractivity contribution in [3.63, 3.8) is 0 Å². The molecule has 2 aromatic rings. The highest BCUT2D eigenvalue weighted by Crippen LogP contribution is 2.11. The molecule has 26 heavy (non-hydrogen) atoms. The first-order valence-electron chi connectivity index (χ1n) is 8.92. The van der Waals surface area contributed by atoms with E-state index in [2.05, 4.69) is 16.4 Å². The molecular weight excluding hydrogens is 324 g/mol. The van der Waals surface area contributed by atoms with E-state index in [4.69, 9.17) is 0 Å². The fraction of sp³-hybridized carbons (Fsp3) is 0.318. The van der Waals surface area contributed by atoms with Gasteiger partial charge in [0.05, 0.1) is 11.3 Å². The third kappa shape index (κ3) is 3.74. The third-order valence-electron chi connectivity index (χ3n) is 4.77. The lowest BCUT2D eigenvalue weighted by Gasteiger charge is -2.14. The van der Waals surface area contributed by atoms with Crippen molar-refractivity contribution in [2.75, 3.05) is 6.54 Å². The van der Waals surface area contributed by atoms with E-state index in [-0.39, 0.29) is 17.7 Å². The number of carbonyl (C=O) groups excluding carboxylic acids is 2. The number of amides is 2. The maximum atomic E-state index is 12.3. The number of aryl methyl sites for hydroxylation is 4. The third-order valence-corrected chi connectivity index (χ3v) is 4.77. The first-order chi connectivity index (χ1) is 12.3. The molecule has 0 radical (unpaired) electrons. The predicted octanol–water partition coefficient (Wildman–Crippen LogP) is 2.30. The van der Waals surface area contributed by atoms with Crippen molar-refractivity contribution >= 4 is 17.9 Å². The second-order valence-corrected chi connectivity index (χ2v) is 7.11. The van der Waals surface area contributed by atoms with Gasteiger partial charge in [0.25, 0.3) is 11.8 Å². The van der Waals surface area contributed by atoms with Crippen LogP contribution in [0.25, 0.3) is 6.08 Å². The summed E-state index contributed by atoms with van der Waals surface area (Å²) >= 11 is 0. The Bertz CT molecular complexity index is 985. The first kappa shape index (κ1) is 18.1. The molecule has 0 spiro atoms. The van der Waals surface area contributed by atoms with Crippen molar-refractivity contribution in [1.29, 1.82) is 0 Å². The molecule has 0 saturated carbocycles. The lowest BCUT2D eigenvalue weighted by molar-refractivity contribution is -0.120. The largest absolute Gasteiger partial charge is 0.352 e. The SMILES string of the molecule is Cc1cc(C)cc(C(=O)NCCC2C=c3c(C)ccc(C)c3=NC2=O)c1. The Morgan fingerprint density at radius 1 is 1.04 bits per heavy atom. The van der Waals surface area contributed by atoms with E-state index in [0.717, 1.165) is 32.8 Å². The molecule has 4 heteroatoms. The molecule has 0 bridgehead atoms. The molecule has 4 nitrogen and oxygen atoms in total. The maximum absolute atomic E-state index is 12.3. The average molecular weight is 348 g/mol. The van der Waals surface area contributed by atoms with Gasteiger partial charge in [0.15, 0.2) is 0 Å². The van der Waals surface area contributed by atoms with Crippen molar-refractivity contribution in [3.8, 4) is 0 Å². The van der Waals surface area contributed by atoms with Crippen molar-refractivity contribution < 1.29 is 9.59 Å². The summed E-state index contributed by atoms with van der Waals surface area (Å²) in [4.78, 5) is 29.0. The zero-order valence-corrected chi connectivity index (χ0v) is 15.7. The summed E-state index contributed by atoms with van der Waals surface area (Å²) in [6, 6.07) is 9.82. The minimum atomic E-state index is -0.289. The van der Waals surface area contributed by atoms with Crippen LogP contribution in [0.3, 0.4) is 0 Å². The molecule has 0 fully saturated rings. The second kappa shape index (κ2) is 7.24. The van der Waals surface area contributed by atoms with E-state index >= 15 is 0 Å². The van der Waals surface area contributed by atoms with Gasteiger partial charge in [-0.15, -0.1) is 0 Å². The summed E-state index contributed by atoms with van der Waals surface area (Å²) in [5, 5.41) is 4.74. The van der Waals surface area contributed by atoms with Crippen molar-refractivity contribution in [1.82, 2.24) is 5.32 Å². The van der Waals surface area contributed by atoms with Gasteiger partial charge in [0, 0.05) is 17.3 Å². The highest BCUT2D eigenvalue weighted by Gasteiger charge is 2.19. The second-order valence-electron chi connectivity index (χ2n) is 7.11. The molecule has 1 unspecified atom stereocenters. The molecule has 0 aromatic heterocycles. The Morgan fingerprint density at radius 2 is 1.69 bits per heavy atom. The van der Waals surface area contributed by atoms with Crippen LogP contribution in [0.2, 0.25) is 0 Å². The minimum absolute atomic E-state index is 0.107. The normalized spacial score (nSPS) is 15.7. The van der Waals surface area contributed by atoms with Gasteiger partial charge >= 0.3 is 0 Å². The van der Waals surface area contributed by atoms with E-state index in [9.17, 15) is 9.59 Å². The Hall–Kier alpha value is -2.75. The van der Waals surface area contributed by atoms with Gasteiger partial charge in [-0.2, -0.15) is 0 Å². The maximum Gasteiger partial charge on any atom is 0.253 e. The number of benzene rings is 2. The van der Waals surface area contributed by atoms with Crippen LogP contribution in [0.4, 0.5) is 0 Å². The molecule has 0 aliphatic carbocycles. The number of nitrogens with zero attached hydrogens (tertiary/aromatic N) is 1. The molecule has 1 heterocycles. The van der Waals surface area contributed by atoms with Crippen LogP contribution in [0.1, 0.15) is 39.0 Å². The van der Waals surface area contributed by atoms with E-state index in [0.29, 0.717) is 18.5 Å². The quantitative estimate of drug-likeness (QED) is 0.922. The summed E-state index contributed by atoms with van der Waals surface area (Å²) in [7, 11) is 0. The summed E-state index contributed by atoms with van der Waals surface area (Å²) in [5.41, 5.74) is 4.91. The topological polar surface area (TPSA) is 58.5 Å². The van der Waals surface area contributed by atoms with Gasteiger partial charge in [-0.1, -0.05) is 35.4 Å². The van der Waals surface area contributed by atoms with Gasteiger partial charge in [-0.25, -0.2) is 4.99 Å². The Morgan fingerprint density at radius 3 is 2.38 bits per heavy atom. The number of hydrogen-bond donors (Lipinski definition) is 1. The fourth-order valence-corrected chi connectivity index (χ4v) is 3.40. The molecule has 3 rings (SSSR count). The highest BCUT2D eigenvalue weighted by molar-refractivity contribution is 5.94. The first-order valence-corrected chi connectivity index (χ1v) is 8.92. The summed E-state index contributed by atoms with van der Waals surface area (Å²) in [5.74, 6) is -0.529. The summed E-state index contributed by atoms with van der Waals surface area (Å²) in [6.45, 7) is 8.38. The molecule has 1 aliphatic heterocycles. The van der Waals surface area contributed by atoms with Crippen LogP contribution in [0, 0.1) is 33.6 Å². The summed E-state index contributed by atoms with van der Waals surface area (Å²) < 4.78 is 0. The van der Waals surface area contributed by atoms with Gasteiger partial charge in [0.1, 0.15) is 0 Å². The molecular formula is C22H24N2O2. The van der Waals surface area contributed by atoms with E-state index < -0.39 is 0 Å². The molecule has 2 amide bonds. The highest BCUT2D eigenvalue weighted by atomic mass is 16.2. The smallest absolute Gasteiger partial charge is 0.253 e. The fourth-order valence-electron chi connectivity index (χ4n) is 3.40. The van der Waals surface area contributed by atoms with Gasteiger partial charge in [-0.05, 0) is 57.4 Å². The van der Waals surface area contributed by atoms with Crippen LogP contribution in [0.5, 0.6) is 0 Å². The monoisotopic (exact) mass is 348 g/mol. The average Bonchev–Trinajstić information content (AvgIpc) is 2.58. The zero-order chi connectivity index (χ0) is 18.8. The number of nitrogens with one attached hydrogen (secondary N) is 1. The van der Waals surface area contributed by atoms with E-state index in [1.54, 1.807) is 0 Å². The van der Waals surface area contributed by atoms with Crippen molar-refractivity contribution in [2.45, 2.75) is 34.1 Å². The number of carbonyl (C=O) groups is 2. The standard InChI is InChI=1S/C22H24N2O2/c1-13-9-14(2)11-18(10-13)21(25)23-8-7-17-12-19-15(3)5-6-16(4)20(19)24-22(17)26/h5-6,9-12,17H,7-8H2,1-4H3,(H,23,25). The van der Waals surface area contributed by atoms with Gasteiger partial charge in [-0.3, -0.25) is 9.59 Å². The van der Waals surface area contributed by atoms with E-state index in [1.807, 2.05) is 58.0 Å².